The van der Waals surface area contributed by atoms with Crippen molar-refractivity contribution >= 4 is 12.0 Å². The number of fused-ring (bicyclic) bond motifs is 1. The molecule has 0 aromatic heterocycles. The summed E-state index contributed by atoms with van der Waals surface area (Å²) in [5.74, 6) is 0.862. The Morgan fingerprint density at radius 2 is 1.97 bits per heavy atom. The van der Waals surface area contributed by atoms with Gasteiger partial charge in [0.1, 0.15) is 6.07 Å². The molecular formula is C24H26N2O3. The fourth-order valence-electron chi connectivity index (χ4n) is 3.56. The molecule has 1 aliphatic rings. The fourth-order valence-corrected chi connectivity index (χ4v) is 3.56. The fraction of sp³-hybridized carbons (Fsp3) is 0.333. The molecule has 2 aromatic carbocycles. The minimum atomic E-state index is -0.154. The maximum atomic E-state index is 12.4. The molecule has 1 amide bonds. The predicted octanol–water partition coefficient (Wildman–Crippen LogP) is 4.37. The van der Waals surface area contributed by atoms with E-state index in [0.717, 1.165) is 24.0 Å². The minimum absolute atomic E-state index is 0.0471. The third-order valence-electron chi connectivity index (χ3n) is 5.14. The number of ether oxygens (including phenoxy) is 2. The van der Waals surface area contributed by atoms with E-state index in [-0.39, 0.29) is 18.6 Å². The van der Waals surface area contributed by atoms with Gasteiger partial charge in [-0.3, -0.25) is 4.79 Å². The van der Waals surface area contributed by atoms with E-state index in [1.165, 1.54) is 37.2 Å². The summed E-state index contributed by atoms with van der Waals surface area (Å²) in [6, 6.07) is 13.7. The Hall–Kier alpha value is -3.26. The van der Waals surface area contributed by atoms with Crippen LogP contribution in [-0.2, 0) is 17.6 Å². The maximum absolute atomic E-state index is 12.4. The number of aryl methyl sites for hydroxylation is 2. The van der Waals surface area contributed by atoms with Gasteiger partial charge in [0.05, 0.1) is 13.2 Å². The lowest BCUT2D eigenvalue weighted by Crippen LogP contribution is -2.24. The number of carbonyl (C=O) groups excluding carboxylic acids is 1. The van der Waals surface area contributed by atoms with E-state index in [1.807, 2.05) is 19.1 Å². The summed E-state index contributed by atoms with van der Waals surface area (Å²) in [6.07, 6.45) is 8.02. The van der Waals surface area contributed by atoms with Gasteiger partial charge in [-0.25, -0.2) is 0 Å². The predicted molar refractivity (Wildman–Crippen MR) is 113 cm³/mol. The first-order valence-corrected chi connectivity index (χ1v) is 9.89. The molecule has 0 fully saturated rings. The zero-order valence-corrected chi connectivity index (χ0v) is 16.9. The van der Waals surface area contributed by atoms with E-state index < -0.39 is 0 Å². The van der Waals surface area contributed by atoms with Crippen LogP contribution in [0.5, 0.6) is 11.5 Å². The first kappa shape index (κ1) is 20.5. The molecule has 0 spiro atoms. The number of hydrogen-bond acceptors (Lipinski definition) is 4. The van der Waals surface area contributed by atoms with E-state index in [1.54, 1.807) is 18.2 Å². The topological polar surface area (TPSA) is 71.3 Å². The molecule has 1 N–H and O–H groups in total. The first-order valence-electron chi connectivity index (χ1n) is 9.89. The van der Waals surface area contributed by atoms with Crippen molar-refractivity contribution in [1.29, 1.82) is 5.26 Å². The Morgan fingerprint density at radius 3 is 2.72 bits per heavy atom. The van der Waals surface area contributed by atoms with Gasteiger partial charge in [-0.05, 0) is 73.1 Å². The van der Waals surface area contributed by atoms with Crippen LogP contribution in [0.25, 0.3) is 6.08 Å². The molecule has 0 heterocycles. The Balaban J connectivity index is 1.62. The van der Waals surface area contributed by atoms with Crippen LogP contribution < -0.4 is 14.8 Å². The van der Waals surface area contributed by atoms with Crippen LogP contribution in [0.1, 0.15) is 48.1 Å². The Labute approximate surface area is 172 Å². The molecule has 0 bridgehead atoms. The van der Waals surface area contributed by atoms with Crippen molar-refractivity contribution in [3.8, 4) is 17.6 Å². The van der Waals surface area contributed by atoms with Crippen molar-refractivity contribution in [3.05, 3.63) is 64.7 Å². The molecule has 1 atom stereocenters. The van der Waals surface area contributed by atoms with Gasteiger partial charge >= 0.3 is 0 Å². The summed E-state index contributed by atoms with van der Waals surface area (Å²) >= 11 is 0. The molecule has 29 heavy (non-hydrogen) atoms. The molecule has 2 aromatic rings. The maximum Gasteiger partial charge on any atom is 0.244 e. The van der Waals surface area contributed by atoms with Crippen LogP contribution >= 0.6 is 0 Å². The lowest BCUT2D eigenvalue weighted by molar-refractivity contribution is -0.117. The minimum Gasteiger partial charge on any atom is -0.493 e. The Bertz CT molecular complexity index is 944. The van der Waals surface area contributed by atoms with Crippen LogP contribution in [0.15, 0.2) is 42.5 Å². The van der Waals surface area contributed by atoms with Gasteiger partial charge in [-0.1, -0.05) is 24.3 Å². The van der Waals surface area contributed by atoms with Crippen LogP contribution in [0.3, 0.4) is 0 Å². The van der Waals surface area contributed by atoms with Crippen LogP contribution in [-0.4, -0.2) is 19.6 Å². The molecule has 0 saturated heterocycles. The standard InChI is InChI=1S/C24H26N2O3/c1-17(20-10-9-19-5-3-4-6-21(19)16-20)26-24(27)12-8-18-7-11-22(29-14-13-25)23(15-18)28-2/h7-12,15-17H,3-6,14H2,1-2H3,(H,26,27)/b12-8+/t17-/m1/s1. The second-order valence-electron chi connectivity index (χ2n) is 7.16. The number of hydrogen-bond donors (Lipinski definition) is 1. The van der Waals surface area contributed by atoms with Gasteiger partial charge in [0.2, 0.25) is 5.91 Å². The monoisotopic (exact) mass is 390 g/mol. The van der Waals surface area contributed by atoms with E-state index in [2.05, 4.69) is 23.5 Å². The summed E-state index contributed by atoms with van der Waals surface area (Å²) in [5.41, 5.74) is 4.79. The number of carbonyl (C=O) groups is 1. The van der Waals surface area contributed by atoms with E-state index in [0.29, 0.717) is 11.5 Å². The van der Waals surface area contributed by atoms with Crippen molar-refractivity contribution in [1.82, 2.24) is 5.32 Å². The second-order valence-corrected chi connectivity index (χ2v) is 7.16. The molecule has 0 aliphatic heterocycles. The van der Waals surface area contributed by atoms with E-state index >= 15 is 0 Å². The van der Waals surface area contributed by atoms with E-state index in [9.17, 15) is 4.79 Å². The molecule has 5 heteroatoms. The zero-order chi connectivity index (χ0) is 20.6. The highest BCUT2D eigenvalue weighted by atomic mass is 16.5. The molecular weight excluding hydrogens is 364 g/mol. The Morgan fingerprint density at radius 1 is 1.17 bits per heavy atom. The highest BCUT2D eigenvalue weighted by Crippen LogP contribution is 2.28. The van der Waals surface area contributed by atoms with Gasteiger partial charge < -0.3 is 14.8 Å². The number of nitrogens with one attached hydrogen (secondary N) is 1. The number of methoxy groups -OCH3 is 1. The van der Waals surface area contributed by atoms with Gasteiger partial charge in [0, 0.05) is 6.08 Å². The number of nitriles is 1. The number of rotatable bonds is 7. The normalized spacial score (nSPS) is 14.0. The zero-order valence-electron chi connectivity index (χ0n) is 16.9. The van der Waals surface area contributed by atoms with Crippen molar-refractivity contribution in [2.75, 3.05) is 13.7 Å². The van der Waals surface area contributed by atoms with Gasteiger partial charge in [-0.2, -0.15) is 5.26 Å². The van der Waals surface area contributed by atoms with Crippen molar-refractivity contribution in [3.63, 3.8) is 0 Å². The molecule has 150 valence electrons. The summed E-state index contributed by atoms with van der Waals surface area (Å²) in [4.78, 5) is 12.4. The first-order chi connectivity index (χ1) is 14.1. The average molecular weight is 390 g/mol. The molecule has 1 aliphatic carbocycles. The van der Waals surface area contributed by atoms with Crippen LogP contribution in [0.4, 0.5) is 0 Å². The SMILES string of the molecule is COc1cc(/C=C/C(=O)N[C@H](C)c2ccc3c(c2)CCCC3)ccc1OCC#N. The quantitative estimate of drug-likeness (QED) is 0.713. The third-order valence-corrected chi connectivity index (χ3v) is 5.14. The largest absolute Gasteiger partial charge is 0.493 e. The number of benzene rings is 2. The van der Waals surface area contributed by atoms with Crippen LogP contribution in [0.2, 0.25) is 0 Å². The molecule has 0 radical (unpaired) electrons. The summed E-state index contributed by atoms with van der Waals surface area (Å²) in [6.45, 7) is 1.95. The van der Waals surface area contributed by atoms with Crippen LogP contribution in [0, 0.1) is 11.3 Å². The molecule has 5 nitrogen and oxygen atoms in total. The number of nitrogens with zero attached hydrogens (tertiary/aromatic N) is 1. The van der Waals surface area contributed by atoms with Crippen molar-refractivity contribution < 1.29 is 14.3 Å². The van der Waals surface area contributed by atoms with Crippen molar-refractivity contribution in [2.45, 2.75) is 38.6 Å². The smallest absolute Gasteiger partial charge is 0.244 e. The van der Waals surface area contributed by atoms with Gasteiger partial charge in [0.25, 0.3) is 0 Å². The third kappa shape index (κ3) is 5.39. The van der Waals surface area contributed by atoms with Gasteiger partial charge in [0.15, 0.2) is 18.1 Å². The summed E-state index contributed by atoms with van der Waals surface area (Å²) in [7, 11) is 1.54. The summed E-state index contributed by atoms with van der Waals surface area (Å²) < 4.78 is 10.6. The van der Waals surface area contributed by atoms with E-state index in [4.69, 9.17) is 14.7 Å². The highest BCUT2D eigenvalue weighted by molar-refractivity contribution is 5.92. The average Bonchev–Trinajstić information content (AvgIpc) is 2.76. The summed E-state index contributed by atoms with van der Waals surface area (Å²) in [5, 5.41) is 11.7. The Kier molecular flexibility index (Phi) is 6.91. The van der Waals surface area contributed by atoms with Gasteiger partial charge in [-0.15, -0.1) is 0 Å². The lowest BCUT2D eigenvalue weighted by Gasteiger charge is -2.19. The number of amides is 1. The molecule has 0 unspecified atom stereocenters. The lowest BCUT2D eigenvalue weighted by atomic mass is 9.89. The van der Waals surface area contributed by atoms with Crippen molar-refractivity contribution in [2.24, 2.45) is 0 Å². The molecule has 0 saturated carbocycles. The second kappa shape index (κ2) is 9.79. The highest BCUT2D eigenvalue weighted by Gasteiger charge is 2.13. The molecule has 3 rings (SSSR count).